The average molecular weight is 360 g/mol. The summed E-state index contributed by atoms with van der Waals surface area (Å²) in [5.41, 5.74) is 1.05. The van der Waals surface area contributed by atoms with E-state index in [1.165, 1.54) is 19.3 Å². The van der Waals surface area contributed by atoms with Crippen LogP contribution in [0.3, 0.4) is 0 Å². The molecule has 2 amide bonds. The van der Waals surface area contributed by atoms with E-state index in [0.29, 0.717) is 19.1 Å². The minimum Gasteiger partial charge on any atom is -0.454 e. The molecule has 3 aliphatic rings. The van der Waals surface area contributed by atoms with Crippen LogP contribution in [0.5, 0.6) is 11.5 Å². The number of nitrogens with zero attached hydrogens (tertiary/aromatic N) is 1. The van der Waals surface area contributed by atoms with Crippen LogP contribution in [0.15, 0.2) is 18.2 Å². The maximum atomic E-state index is 12.9. The Morgan fingerprint density at radius 3 is 2.73 bits per heavy atom. The van der Waals surface area contributed by atoms with Gasteiger partial charge >= 0.3 is 6.03 Å². The zero-order chi connectivity index (χ0) is 17.8. The van der Waals surface area contributed by atoms with Gasteiger partial charge in [-0.15, -0.1) is 0 Å². The number of fused-ring (bicyclic) bond motifs is 1. The lowest BCUT2D eigenvalue weighted by Crippen LogP contribution is -2.47. The number of carbonyl (C=O) groups is 1. The van der Waals surface area contributed by atoms with Crippen LogP contribution in [-0.2, 0) is 11.3 Å². The topological polar surface area (TPSA) is 60.0 Å². The molecule has 1 N–H and O–H groups in total. The number of rotatable bonds is 5. The summed E-state index contributed by atoms with van der Waals surface area (Å²) >= 11 is 0. The Kier molecular flexibility index (Phi) is 5.48. The second-order valence-electron chi connectivity index (χ2n) is 7.49. The normalized spacial score (nSPS) is 22.4. The lowest BCUT2D eigenvalue weighted by Gasteiger charge is -2.30. The van der Waals surface area contributed by atoms with Gasteiger partial charge in [-0.05, 0) is 43.4 Å². The van der Waals surface area contributed by atoms with Crippen molar-refractivity contribution in [2.24, 2.45) is 0 Å². The molecule has 1 aromatic rings. The molecule has 6 nitrogen and oxygen atoms in total. The summed E-state index contributed by atoms with van der Waals surface area (Å²) in [7, 11) is 0. The van der Waals surface area contributed by atoms with Crippen molar-refractivity contribution < 1.29 is 19.0 Å². The highest BCUT2D eigenvalue weighted by Gasteiger charge is 2.25. The van der Waals surface area contributed by atoms with Gasteiger partial charge in [-0.25, -0.2) is 4.79 Å². The van der Waals surface area contributed by atoms with Gasteiger partial charge in [0, 0.05) is 25.7 Å². The van der Waals surface area contributed by atoms with E-state index in [-0.39, 0.29) is 18.9 Å². The van der Waals surface area contributed by atoms with Crippen LogP contribution in [0.4, 0.5) is 4.79 Å². The number of hydrogen-bond donors (Lipinski definition) is 1. The summed E-state index contributed by atoms with van der Waals surface area (Å²) in [5.74, 6) is 1.53. The molecule has 4 rings (SSSR count). The van der Waals surface area contributed by atoms with Crippen molar-refractivity contribution in [3.8, 4) is 11.5 Å². The summed E-state index contributed by atoms with van der Waals surface area (Å²) in [6, 6.07) is 6.22. The van der Waals surface area contributed by atoms with Crippen molar-refractivity contribution in [3.63, 3.8) is 0 Å². The van der Waals surface area contributed by atoms with Crippen molar-refractivity contribution in [1.82, 2.24) is 10.2 Å². The Hall–Kier alpha value is -1.95. The predicted molar refractivity (Wildman–Crippen MR) is 97.4 cm³/mol. The second-order valence-corrected chi connectivity index (χ2v) is 7.49. The van der Waals surface area contributed by atoms with Crippen molar-refractivity contribution in [1.29, 1.82) is 0 Å². The van der Waals surface area contributed by atoms with Crippen molar-refractivity contribution in [2.75, 3.05) is 19.9 Å². The van der Waals surface area contributed by atoms with E-state index in [2.05, 4.69) is 5.32 Å². The molecule has 1 atom stereocenters. The van der Waals surface area contributed by atoms with Crippen LogP contribution in [0, 0.1) is 0 Å². The SMILES string of the molecule is O=C(NC1CCCCC1)N(Cc1ccc2c(c1)OCO2)C[C@@H]1CCCO1. The highest BCUT2D eigenvalue weighted by atomic mass is 16.7. The average Bonchev–Trinajstić information content (AvgIpc) is 3.33. The maximum absolute atomic E-state index is 12.9. The van der Waals surface area contributed by atoms with Gasteiger partial charge in [0.25, 0.3) is 0 Å². The number of carbonyl (C=O) groups excluding carboxylic acids is 1. The molecule has 6 heteroatoms. The lowest BCUT2D eigenvalue weighted by molar-refractivity contribution is 0.0785. The third-order valence-electron chi connectivity index (χ3n) is 5.48. The number of ether oxygens (including phenoxy) is 3. The molecule has 142 valence electrons. The van der Waals surface area contributed by atoms with Crippen molar-refractivity contribution in [3.05, 3.63) is 23.8 Å². The molecule has 0 spiro atoms. The highest BCUT2D eigenvalue weighted by molar-refractivity contribution is 5.74. The van der Waals surface area contributed by atoms with E-state index in [9.17, 15) is 4.79 Å². The van der Waals surface area contributed by atoms with Gasteiger partial charge in [0.15, 0.2) is 11.5 Å². The highest BCUT2D eigenvalue weighted by Crippen LogP contribution is 2.33. The minimum absolute atomic E-state index is 0.0186. The molecule has 2 fully saturated rings. The first-order valence-corrected chi connectivity index (χ1v) is 9.83. The molecule has 1 saturated heterocycles. The summed E-state index contributed by atoms with van der Waals surface area (Å²) in [6.07, 6.45) is 8.11. The molecule has 0 unspecified atom stereocenters. The molecule has 2 heterocycles. The summed E-state index contributed by atoms with van der Waals surface area (Å²) < 4.78 is 16.6. The molecular weight excluding hydrogens is 332 g/mol. The summed E-state index contributed by atoms with van der Waals surface area (Å²) in [4.78, 5) is 14.8. The number of urea groups is 1. The first-order valence-electron chi connectivity index (χ1n) is 9.83. The zero-order valence-corrected chi connectivity index (χ0v) is 15.2. The zero-order valence-electron chi connectivity index (χ0n) is 15.2. The molecule has 1 saturated carbocycles. The van der Waals surface area contributed by atoms with Gasteiger partial charge in [-0.3, -0.25) is 0 Å². The van der Waals surface area contributed by atoms with Gasteiger partial charge in [-0.1, -0.05) is 25.3 Å². The third kappa shape index (κ3) is 4.23. The Morgan fingerprint density at radius 1 is 1.08 bits per heavy atom. The fraction of sp³-hybridized carbons (Fsp3) is 0.650. The first kappa shape index (κ1) is 17.5. The van der Waals surface area contributed by atoms with Crippen molar-refractivity contribution >= 4 is 6.03 Å². The quantitative estimate of drug-likeness (QED) is 0.874. The molecule has 0 bridgehead atoms. The Bertz CT molecular complexity index is 624. The summed E-state index contributed by atoms with van der Waals surface area (Å²) in [6.45, 7) is 2.25. The molecule has 26 heavy (non-hydrogen) atoms. The molecular formula is C20H28N2O4. The van der Waals surface area contributed by atoms with E-state index in [0.717, 1.165) is 49.4 Å². The number of nitrogens with one attached hydrogen (secondary N) is 1. The van der Waals surface area contributed by atoms with Crippen LogP contribution in [0.2, 0.25) is 0 Å². The molecule has 1 aliphatic carbocycles. The van der Waals surface area contributed by atoms with Gasteiger partial charge in [0.1, 0.15) is 0 Å². The fourth-order valence-electron chi connectivity index (χ4n) is 4.03. The molecule has 1 aromatic carbocycles. The minimum atomic E-state index is 0.0186. The Balaban J connectivity index is 1.43. The summed E-state index contributed by atoms with van der Waals surface area (Å²) in [5, 5.41) is 3.24. The first-order chi connectivity index (χ1) is 12.8. The monoisotopic (exact) mass is 360 g/mol. The fourth-order valence-corrected chi connectivity index (χ4v) is 4.03. The standard InChI is InChI=1S/C20H28N2O4/c23-20(21-16-5-2-1-3-6-16)22(13-17-7-4-10-24-17)12-15-8-9-18-19(11-15)26-14-25-18/h8-9,11,16-17H,1-7,10,12-14H2,(H,21,23)/t17-/m0/s1. The number of hydrogen-bond acceptors (Lipinski definition) is 4. The largest absolute Gasteiger partial charge is 0.454 e. The molecule has 0 radical (unpaired) electrons. The number of amides is 2. The predicted octanol–water partition coefficient (Wildman–Crippen LogP) is 3.44. The van der Waals surface area contributed by atoms with E-state index >= 15 is 0 Å². The Labute approximate surface area is 154 Å². The van der Waals surface area contributed by atoms with Gasteiger partial charge < -0.3 is 24.4 Å². The molecule has 0 aromatic heterocycles. The smallest absolute Gasteiger partial charge is 0.318 e. The van der Waals surface area contributed by atoms with Gasteiger partial charge in [-0.2, -0.15) is 0 Å². The Morgan fingerprint density at radius 2 is 1.92 bits per heavy atom. The van der Waals surface area contributed by atoms with Crippen LogP contribution in [-0.4, -0.2) is 43.0 Å². The maximum Gasteiger partial charge on any atom is 0.318 e. The number of benzene rings is 1. The van der Waals surface area contributed by atoms with Gasteiger partial charge in [0.2, 0.25) is 6.79 Å². The second kappa shape index (κ2) is 8.16. The van der Waals surface area contributed by atoms with E-state index < -0.39 is 0 Å². The van der Waals surface area contributed by atoms with Crippen LogP contribution in [0.1, 0.15) is 50.5 Å². The molecule has 2 aliphatic heterocycles. The van der Waals surface area contributed by atoms with E-state index in [4.69, 9.17) is 14.2 Å². The van der Waals surface area contributed by atoms with Gasteiger partial charge in [0.05, 0.1) is 6.10 Å². The van der Waals surface area contributed by atoms with Crippen LogP contribution >= 0.6 is 0 Å². The van der Waals surface area contributed by atoms with E-state index in [1.807, 2.05) is 23.1 Å². The van der Waals surface area contributed by atoms with Crippen molar-refractivity contribution in [2.45, 2.75) is 63.6 Å². The van der Waals surface area contributed by atoms with Crippen LogP contribution in [0.25, 0.3) is 0 Å². The third-order valence-corrected chi connectivity index (χ3v) is 5.48. The van der Waals surface area contributed by atoms with Crippen LogP contribution < -0.4 is 14.8 Å². The van der Waals surface area contributed by atoms with E-state index in [1.54, 1.807) is 0 Å². The lowest BCUT2D eigenvalue weighted by atomic mass is 9.96.